The number of nitrogens with zero attached hydrogens (tertiary/aromatic N) is 1. The first-order valence-corrected chi connectivity index (χ1v) is 6.31. The van der Waals surface area contributed by atoms with Crippen LogP contribution in [0, 0.1) is 11.7 Å². The van der Waals surface area contributed by atoms with Crippen molar-refractivity contribution in [1.82, 2.24) is 10.2 Å². The van der Waals surface area contributed by atoms with Gasteiger partial charge in [0.15, 0.2) is 0 Å². The molecule has 1 heterocycles. The van der Waals surface area contributed by atoms with Crippen molar-refractivity contribution in [1.29, 1.82) is 0 Å². The molecule has 3 nitrogen and oxygen atoms in total. The van der Waals surface area contributed by atoms with Gasteiger partial charge in [-0.2, -0.15) is 0 Å². The third-order valence-corrected chi connectivity index (χ3v) is 3.39. The minimum atomic E-state index is -0.243. The highest BCUT2D eigenvalue weighted by Crippen LogP contribution is 2.35. The molecule has 2 atom stereocenters. The molecule has 0 aromatic heterocycles. The molecule has 1 aromatic carbocycles. The SMILES string of the molecule is CNCC(=O)N1CC(C)CC1c1cccc(F)c1.Cl. The van der Waals surface area contributed by atoms with Crippen molar-refractivity contribution in [2.24, 2.45) is 5.92 Å². The highest BCUT2D eigenvalue weighted by molar-refractivity contribution is 5.85. The van der Waals surface area contributed by atoms with Crippen molar-refractivity contribution < 1.29 is 9.18 Å². The normalized spacial score (nSPS) is 22.2. The molecule has 106 valence electrons. The van der Waals surface area contributed by atoms with Gasteiger partial charge >= 0.3 is 0 Å². The lowest BCUT2D eigenvalue weighted by Crippen LogP contribution is -2.37. The summed E-state index contributed by atoms with van der Waals surface area (Å²) in [5.74, 6) is 0.295. The van der Waals surface area contributed by atoms with Gasteiger partial charge < -0.3 is 10.2 Å². The molecule has 1 aromatic rings. The smallest absolute Gasteiger partial charge is 0.237 e. The predicted octanol–water partition coefficient (Wildman–Crippen LogP) is 2.38. The second-order valence-electron chi connectivity index (χ2n) is 4.99. The van der Waals surface area contributed by atoms with Gasteiger partial charge in [-0.1, -0.05) is 19.1 Å². The van der Waals surface area contributed by atoms with Crippen molar-refractivity contribution in [2.45, 2.75) is 19.4 Å². The van der Waals surface area contributed by atoms with E-state index in [1.165, 1.54) is 12.1 Å². The number of hydrogen-bond donors (Lipinski definition) is 1. The Labute approximate surface area is 119 Å². The first kappa shape index (κ1) is 15.9. The Balaban J connectivity index is 0.00000180. The molecule has 2 rings (SSSR count). The van der Waals surface area contributed by atoms with Crippen molar-refractivity contribution in [2.75, 3.05) is 20.1 Å². The lowest BCUT2D eigenvalue weighted by atomic mass is 10.0. The standard InChI is InChI=1S/C14H19FN2O.ClH/c1-10-6-13(11-4-3-5-12(15)7-11)17(9-10)14(18)8-16-2;/h3-5,7,10,13,16H,6,8-9H2,1-2H3;1H. The maximum atomic E-state index is 13.3. The number of hydrogen-bond acceptors (Lipinski definition) is 2. The van der Waals surface area contributed by atoms with E-state index in [4.69, 9.17) is 0 Å². The Morgan fingerprint density at radius 2 is 2.26 bits per heavy atom. The predicted molar refractivity (Wildman–Crippen MR) is 75.8 cm³/mol. The second-order valence-corrected chi connectivity index (χ2v) is 4.99. The van der Waals surface area contributed by atoms with Gasteiger partial charge in [-0.15, -0.1) is 12.4 Å². The summed E-state index contributed by atoms with van der Waals surface area (Å²) in [5.41, 5.74) is 0.892. The third kappa shape index (κ3) is 3.67. The summed E-state index contributed by atoms with van der Waals surface area (Å²) >= 11 is 0. The number of benzene rings is 1. The van der Waals surface area contributed by atoms with Gasteiger partial charge in [-0.25, -0.2) is 4.39 Å². The highest BCUT2D eigenvalue weighted by atomic mass is 35.5. The fourth-order valence-electron chi connectivity index (χ4n) is 2.60. The Morgan fingerprint density at radius 3 is 2.89 bits per heavy atom. The minimum absolute atomic E-state index is 0. The molecule has 1 N–H and O–H groups in total. The molecule has 0 spiro atoms. The Hall–Kier alpha value is -1.13. The van der Waals surface area contributed by atoms with E-state index < -0.39 is 0 Å². The number of rotatable bonds is 3. The summed E-state index contributed by atoms with van der Waals surface area (Å²) in [6.07, 6.45) is 0.902. The zero-order valence-corrected chi connectivity index (χ0v) is 12.0. The van der Waals surface area contributed by atoms with Crippen LogP contribution in [0.4, 0.5) is 4.39 Å². The van der Waals surface area contributed by atoms with Crippen LogP contribution < -0.4 is 5.32 Å². The van der Waals surface area contributed by atoms with E-state index in [-0.39, 0.29) is 30.2 Å². The van der Waals surface area contributed by atoms with E-state index in [9.17, 15) is 9.18 Å². The molecule has 2 unspecified atom stereocenters. The molecule has 19 heavy (non-hydrogen) atoms. The maximum Gasteiger partial charge on any atom is 0.237 e. The van der Waals surface area contributed by atoms with Crippen molar-refractivity contribution >= 4 is 18.3 Å². The number of likely N-dealkylation sites (tertiary alicyclic amines) is 1. The molecule has 0 aliphatic carbocycles. The largest absolute Gasteiger partial charge is 0.334 e. The zero-order chi connectivity index (χ0) is 13.1. The number of halogens is 2. The summed E-state index contributed by atoms with van der Waals surface area (Å²) in [6.45, 7) is 3.21. The van der Waals surface area contributed by atoms with Crippen molar-refractivity contribution in [3.63, 3.8) is 0 Å². The van der Waals surface area contributed by atoms with Crippen LogP contribution >= 0.6 is 12.4 Å². The fraction of sp³-hybridized carbons (Fsp3) is 0.500. The molecule has 1 aliphatic heterocycles. The van der Waals surface area contributed by atoms with Crippen LogP contribution in [0.3, 0.4) is 0 Å². The summed E-state index contributed by atoms with van der Waals surface area (Å²) in [7, 11) is 1.76. The molecular weight excluding hydrogens is 267 g/mol. The summed E-state index contributed by atoms with van der Waals surface area (Å²) in [6, 6.07) is 6.57. The van der Waals surface area contributed by atoms with Crippen LogP contribution in [0.15, 0.2) is 24.3 Å². The maximum absolute atomic E-state index is 13.3. The van der Waals surface area contributed by atoms with Crippen molar-refractivity contribution in [3.8, 4) is 0 Å². The molecule has 1 aliphatic rings. The summed E-state index contributed by atoms with van der Waals surface area (Å²) in [4.78, 5) is 13.9. The number of amides is 1. The number of likely N-dealkylation sites (N-methyl/N-ethyl adjacent to an activating group) is 1. The molecule has 0 saturated carbocycles. The van der Waals surface area contributed by atoms with Crippen LogP contribution in [0.1, 0.15) is 24.9 Å². The first-order valence-electron chi connectivity index (χ1n) is 6.31. The Kier molecular flexibility index (Phi) is 5.76. The zero-order valence-electron chi connectivity index (χ0n) is 11.2. The molecule has 0 radical (unpaired) electrons. The quantitative estimate of drug-likeness (QED) is 0.925. The van der Waals surface area contributed by atoms with Crippen LogP contribution in [-0.2, 0) is 4.79 Å². The van der Waals surface area contributed by atoms with Gasteiger partial charge in [-0.05, 0) is 37.1 Å². The number of carbonyl (C=O) groups is 1. The van der Waals surface area contributed by atoms with Crippen LogP contribution in [0.25, 0.3) is 0 Å². The second kappa shape index (κ2) is 6.87. The highest BCUT2D eigenvalue weighted by Gasteiger charge is 2.33. The fourth-order valence-corrected chi connectivity index (χ4v) is 2.60. The third-order valence-electron chi connectivity index (χ3n) is 3.39. The van der Waals surface area contributed by atoms with E-state index in [1.807, 2.05) is 11.0 Å². The van der Waals surface area contributed by atoms with E-state index >= 15 is 0 Å². The lowest BCUT2D eigenvalue weighted by molar-refractivity contribution is -0.131. The minimum Gasteiger partial charge on any atom is -0.334 e. The number of nitrogens with one attached hydrogen (secondary N) is 1. The summed E-state index contributed by atoms with van der Waals surface area (Å²) < 4.78 is 13.3. The van der Waals surface area contributed by atoms with Gasteiger partial charge in [0.25, 0.3) is 0 Å². The summed E-state index contributed by atoms with van der Waals surface area (Å²) in [5, 5.41) is 2.88. The first-order chi connectivity index (χ1) is 8.61. The topological polar surface area (TPSA) is 32.3 Å². The van der Waals surface area contributed by atoms with Crippen LogP contribution in [0.2, 0.25) is 0 Å². The average molecular weight is 287 g/mol. The van der Waals surface area contributed by atoms with E-state index in [1.54, 1.807) is 13.1 Å². The van der Waals surface area contributed by atoms with E-state index in [2.05, 4.69) is 12.2 Å². The molecule has 0 bridgehead atoms. The van der Waals surface area contributed by atoms with Gasteiger partial charge in [-0.3, -0.25) is 4.79 Å². The number of carbonyl (C=O) groups excluding carboxylic acids is 1. The Morgan fingerprint density at radius 1 is 1.53 bits per heavy atom. The van der Waals surface area contributed by atoms with E-state index in [0.29, 0.717) is 12.5 Å². The molecular formula is C14H20ClFN2O. The van der Waals surface area contributed by atoms with Gasteiger partial charge in [0.2, 0.25) is 5.91 Å². The van der Waals surface area contributed by atoms with E-state index in [0.717, 1.165) is 18.5 Å². The van der Waals surface area contributed by atoms with Gasteiger partial charge in [0.1, 0.15) is 5.82 Å². The van der Waals surface area contributed by atoms with Crippen LogP contribution in [0.5, 0.6) is 0 Å². The Bertz CT molecular complexity index is 441. The monoisotopic (exact) mass is 286 g/mol. The lowest BCUT2D eigenvalue weighted by Gasteiger charge is -2.25. The molecule has 1 amide bonds. The molecule has 1 saturated heterocycles. The molecule has 1 fully saturated rings. The van der Waals surface area contributed by atoms with Gasteiger partial charge in [0, 0.05) is 6.54 Å². The average Bonchev–Trinajstić information content (AvgIpc) is 2.72. The van der Waals surface area contributed by atoms with Crippen LogP contribution in [-0.4, -0.2) is 30.9 Å². The van der Waals surface area contributed by atoms with Crippen molar-refractivity contribution in [3.05, 3.63) is 35.6 Å². The molecule has 5 heteroatoms. The van der Waals surface area contributed by atoms with Gasteiger partial charge in [0.05, 0.1) is 12.6 Å².